The van der Waals surface area contributed by atoms with Gasteiger partial charge in [0.1, 0.15) is 11.5 Å². The molecule has 2 atom stereocenters. The maximum atomic E-state index is 12.3. The molecule has 0 spiro atoms. The first-order valence-electron chi connectivity index (χ1n) is 13.6. The Morgan fingerprint density at radius 2 is 1.37 bits per heavy atom. The second-order valence-electron chi connectivity index (χ2n) is 10.1. The second-order valence-corrected chi connectivity index (χ2v) is 12.0. The van der Waals surface area contributed by atoms with Gasteiger partial charge in [0.2, 0.25) is 6.79 Å². The van der Waals surface area contributed by atoms with Gasteiger partial charge in [-0.25, -0.2) is 0 Å². The van der Waals surface area contributed by atoms with Gasteiger partial charge in [-0.1, -0.05) is 64.2 Å². The van der Waals surface area contributed by atoms with Gasteiger partial charge in [-0.3, -0.25) is 4.21 Å². The van der Waals surface area contributed by atoms with E-state index in [1.165, 1.54) is 37.7 Å². The quantitative estimate of drug-likeness (QED) is 0.243. The van der Waals surface area contributed by atoms with Gasteiger partial charge in [0.05, 0.1) is 0 Å². The molecule has 0 aromatic heterocycles. The summed E-state index contributed by atoms with van der Waals surface area (Å²) in [6, 6.07) is 17.0. The average Bonchev–Trinajstić information content (AvgIpc) is 3.37. The number of ether oxygens (including phenoxy) is 2. The number of hydrogen-bond donors (Lipinski definition) is 2. The number of phenols is 2. The zero-order chi connectivity index (χ0) is 27.5. The van der Waals surface area contributed by atoms with Crippen molar-refractivity contribution in [3.8, 4) is 34.1 Å². The minimum absolute atomic E-state index is 0.191. The first kappa shape index (κ1) is 29.6. The molecule has 5 nitrogen and oxygen atoms in total. The molecule has 38 heavy (non-hydrogen) atoms. The summed E-state index contributed by atoms with van der Waals surface area (Å²) in [5.74, 6) is 3.06. The molecule has 1 heterocycles. The van der Waals surface area contributed by atoms with Crippen LogP contribution in [-0.2, 0) is 17.2 Å². The third-order valence-corrected chi connectivity index (χ3v) is 8.59. The number of unbranched alkanes of at least 4 members (excludes halogenated alkanes) is 5. The molecular weight excluding hydrogens is 496 g/mol. The summed E-state index contributed by atoms with van der Waals surface area (Å²) in [6.07, 6.45) is 8.32. The lowest BCUT2D eigenvalue weighted by atomic mass is 10.0. The van der Waals surface area contributed by atoms with Crippen LogP contribution in [0, 0.1) is 13.8 Å². The lowest BCUT2D eigenvalue weighted by Gasteiger charge is -2.12. The summed E-state index contributed by atoms with van der Waals surface area (Å²) >= 11 is 0. The van der Waals surface area contributed by atoms with Crippen LogP contribution in [0.2, 0.25) is 0 Å². The highest BCUT2D eigenvalue weighted by Gasteiger charge is 2.16. The smallest absolute Gasteiger partial charge is 0.231 e. The summed E-state index contributed by atoms with van der Waals surface area (Å²) in [5.41, 5.74) is 4.95. The maximum absolute atomic E-state index is 12.3. The standard InChI is InChI=1S/C18H28O3S.C14H14O2/c1-3-4-5-6-7-8-11-22(19)15(2)12-16-9-10-17-18(13-16)21-14-20-17;1-9-7-11(3-5-13(9)15)12-4-6-14(16)10(2)8-12/h9-10,13,15H,3-8,11-12,14H2,1-2H3;3-8,15-16H,1-2H3. The van der Waals surface area contributed by atoms with E-state index in [0.717, 1.165) is 52.3 Å². The molecule has 0 saturated heterocycles. The molecule has 3 aromatic carbocycles. The maximum Gasteiger partial charge on any atom is 0.231 e. The third-order valence-electron chi connectivity index (χ3n) is 6.83. The Morgan fingerprint density at radius 3 is 1.97 bits per heavy atom. The molecule has 3 aromatic rings. The monoisotopic (exact) mass is 538 g/mol. The van der Waals surface area contributed by atoms with Gasteiger partial charge in [0.25, 0.3) is 0 Å². The summed E-state index contributed by atoms with van der Waals surface area (Å²) in [4.78, 5) is 0. The van der Waals surface area contributed by atoms with Gasteiger partial charge in [-0.2, -0.15) is 0 Å². The van der Waals surface area contributed by atoms with Crippen LogP contribution in [0.3, 0.4) is 0 Å². The van der Waals surface area contributed by atoms with E-state index in [1.54, 1.807) is 12.1 Å². The number of aromatic hydroxyl groups is 2. The zero-order valence-corrected chi connectivity index (χ0v) is 24.0. The second kappa shape index (κ2) is 14.8. The zero-order valence-electron chi connectivity index (χ0n) is 23.2. The average molecular weight is 539 g/mol. The highest BCUT2D eigenvalue weighted by atomic mass is 32.2. The minimum Gasteiger partial charge on any atom is -0.508 e. The predicted molar refractivity (Wildman–Crippen MR) is 157 cm³/mol. The largest absolute Gasteiger partial charge is 0.508 e. The molecule has 0 amide bonds. The van der Waals surface area contributed by atoms with E-state index < -0.39 is 10.8 Å². The van der Waals surface area contributed by atoms with Crippen LogP contribution >= 0.6 is 0 Å². The number of aryl methyl sites for hydroxylation is 2. The fourth-order valence-corrected chi connectivity index (χ4v) is 5.66. The Hall–Kier alpha value is -2.99. The fourth-order valence-electron chi connectivity index (χ4n) is 4.39. The van der Waals surface area contributed by atoms with Crippen LogP contribution in [0.15, 0.2) is 54.6 Å². The first-order valence-corrected chi connectivity index (χ1v) is 15.0. The molecular formula is C32H42O5S. The van der Waals surface area contributed by atoms with Gasteiger partial charge in [0.15, 0.2) is 11.5 Å². The summed E-state index contributed by atoms with van der Waals surface area (Å²) in [5, 5.41) is 19.1. The molecule has 2 N–H and O–H groups in total. The van der Waals surface area contributed by atoms with Gasteiger partial charge < -0.3 is 19.7 Å². The lowest BCUT2D eigenvalue weighted by Crippen LogP contribution is -2.16. The molecule has 0 fully saturated rings. The molecule has 1 aliphatic heterocycles. The summed E-state index contributed by atoms with van der Waals surface area (Å²) in [6.45, 7) is 8.35. The SMILES string of the molecule is CCCCCCCCS(=O)C(C)Cc1ccc2c(c1)OCO2.Cc1cc(-c2ccc(O)c(C)c2)ccc1O. The van der Waals surface area contributed by atoms with E-state index in [9.17, 15) is 14.4 Å². The van der Waals surface area contributed by atoms with Crippen LogP contribution in [0.4, 0.5) is 0 Å². The molecule has 0 saturated carbocycles. The van der Waals surface area contributed by atoms with Gasteiger partial charge >= 0.3 is 0 Å². The van der Waals surface area contributed by atoms with Crippen molar-refractivity contribution < 1.29 is 23.9 Å². The summed E-state index contributed by atoms with van der Waals surface area (Å²) < 4.78 is 23.0. The van der Waals surface area contributed by atoms with E-state index in [0.29, 0.717) is 18.3 Å². The number of phenolic OH excluding ortho intramolecular Hbond substituents is 2. The Kier molecular flexibility index (Phi) is 11.5. The highest BCUT2D eigenvalue weighted by Crippen LogP contribution is 2.33. The molecule has 0 bridgehead atoms. The fraction of sp³-hybridized carbons (Fsp3) is 0.438. The molecule has 0 aliphatic carbocycles. The van der Waals surface area contributed by atoms with Crippen LogP contribution in [0.5, 0.6) is 23.0 Å². The molecule has 0 radical (unpaired) electrons. The van der Waals surface area contributed by atoms with Crippen molar-refractivity contribution in [1.82, 2.24) is 0 Å². The van der Waals surface area contributed by atoms with Crippen molar-refractivity contribution in [1.29, 1.82) is 0 Å². The van der Waals surface area contributed by atoms with Crippen LogP contribution < -0.4 is 9.47 Å². The van der Waals surface area contributed by atoms with Crippen molar-refractivity contribution in [3.63, 3.8) is 0 Å². The normalized spacial score (nSPS) is 13.5. The minimum atomic E-state index is -0.743. The van der Waals surface area contributed by atoms with Crippen molar-refractivity contribution in [2.24, 2.45) is 0 Å². The van der Waals surface area contributed by atoms with E-state index in [1.807, 2.05) is 56.3 Å². The Labute approximate surface area is 230 Å². The predicted octanol–water partition coefficient (Wildman–Crippen LogP) is 7.84. The van der Waals surface area contributed by atoms with Crippen molar-refractivity contribution in [2.45, 2.75) is 77.9 Å². The number of hydrogen-bond acceptors (Lipinski definition) is 5. The lowest BCUT2D eigenvalue weighted by molar-refractivity contribution is 0.174. The van der Waals surface area contributed by atoms with E-state index in [2.05, 4.69) is 13.8 Å². The Bertz CT molecular complexity index is 1160. The van der Waals surface area contributed by atoms with Gasteiger partial charge in [0, 0.05) is 21.8 Å². The van der Waals surface area contributed by atoms with Gasteiger partial charge in [-0.05, 0) is 90.9 Å². The van der Waals surface area contributed by atoms with Crippen molar-refractivity contribution in [3.05, 3.63) is 71.3 Å². The molecule has 4 rings (SSSR count). The summed E-state index contributed by atoms with van der Waals surface area (Å²) in [7, 11) is -0.743. The van der Waals surface area contributed by atoms with Crippen LogP contribution in [-0.4, -0.2) is 32.2 Å². The molecule has 6 heteroatoms. The van der Waals surface area contributed by atoms with E-state index in [4.69, 9.17) is 9.47 Å². The van der Waals surface area contributed by atoms with Crippen LogP contribution in [0.25, 0.3) is 11.1 Å². The number of benzene rings is 3. The van der Waals surface area contributed by atoms with Crippen molar-refractivity contribution >= 4 is 10.8 Å². The Balaban J connectivity index is 0.000000221. The third kappa shape index (κ3) is 8.80. The number of rotatable bonds is 11. The Morgan fingerprint density at radius 1 is 0.789 bits per heavy atom. The van der Waals surface area contributed by atoms with Crippen LogP contribution in [0.1, 0.15) is 69.1 Å². The molecule has 2 unspecified atom stereocenters. The van der Waals surface area contributed by atoms with Crippen molar-refractivity contribution in [2.75, 3.05) is 12.5 Å². The molecule has 1 aliphatic rings. The topological polar surface area (TPSA) is 76.0 Å². The van der Waals surface area contributed by atoms with E-state index in [-0.39, 0.29) is 5.25 Å². The first-order chi connectivity index (χ1) is 18.3. The highest BCUT2D eigenvalue weighted by molar-refractivity contribution is 7.85. The van der Waals surface area contributed by atoms with E-state index >= 15 is 0 Å². The van der Waals surface area contributed by atoms with Gasteiger partial charge in [-0.15, -0.1) is 0 Å². The number of fused-ring (bicyclic) bond motifs is 1. The molecule has 206 valence electrons.